The van der Waals surface area contributed by atoms with Gasteiger partial charge in [-0.2, -0.15) is 0 Å². The van der Waals surface area contributed by atoms with Crippen LogP contribution >= 0.6 is 0 Å². The third kappa shape index (κ3) is 13.1. The summed E-state index contributed by atoms with van der Waals surface area (Å²) in [7, 11) is 0. The monoisotopic (exact) mass is 1090 g/mol. The second kappa shape index (κ2) is 26.8. The zero-order valence-electron chi connectivity index (χ0n) is 48.2. The maximum absolute atomic E-state index is 12.6. The van der Waals surface area contributed by atoms with Gasteiger partial charge in [-0.05, 0) is 135 Å². The first-order valence-corrected chi connectivity index (χ1v) is 31.9. The van der Waals surface area contributed by atoms with E-state index in [1.165, 1.54) is 77.0 Å². The molecule has 78 heavy (non-hydrogen) atoms. The van der Waals surface area contributed by atoms with Gasteiger partial charge in [0.15, 0.2) is 0 Å². The maximum atomic E-state index is 12.6. The van der Waals surface area contributed by atoms with Gasteiger partial charge in [0.25, 0.3) is 0 Å². The molecule has 9 aliphatic heterocycles. The summed E-state index contributed by atoms with van der Waals surface area (Å²) in [5.74, 6) is 3.12. The number of ether oxygens (including phenoxy) is 3. The van der Waals surface area contributed by atoms with Crippen molar-refractivity contribution in [3.05, 3.63) is 0 Å². The van der Waals surface area contributed by atoms with Crippen LogP contribution < -0.4 is 0 Å². The van der Waals surface area contributed by atoms with Crippen LogP contribution in [-0.4, -0.2) is 233 Å². The summed E-state index contributed by atoms with van der Waals surface area (Å²) in [6.07, 6.45) is 26.7. The lowest BCUT2D eigenvalue weighted by Crippen LogP contribution is -2.52. The molecule has 9 saturated heterocycles. The number of hydrogen-bond acceptors (Lipinski definition) is 12. The summed E-state index contributed by atoms with van der Waals surface area (Å²) in [5.41, 5.74) is 0. The van der Waals surface area contributed by atoms with Crippen molar-refractivity contribution in [2.45, 2.75) is 229 Å². The van der Waals surface area contributed by atoms with E-state index in [1.807, 2.05) is 35.5 Å². The van der Waals surface area contributed by atoms with Crippen LogP contribution in [0.4, 0.5) is 14.4 Å². The molecule has 9 heterocycles. The molecule has 0 N–H and O–H groups in total. The van der Waals surface area contributed by atoms with Crippen LogP contribution in [0, 0.1) is 17.8 Å². The SMILES string of the molecule is CCOC(=O)N1CCC(N2CCC(N3C(=O)C[C@H]4CCCC[C@@H]43)CC2)C1.CCOC(=O)N1CC[C@@H](N2CCC(N3C(=O)C[C@H]4CCCC[C@@H]43)CC2)C1.CCOC(=O)N1CC[C@H](N2CCC(N3C(=O)C[C@H]4CCCC[C@@H]43)CC2)C1. The molecular weight excluding hydrogens is 991 g/mol. The third-order valence-corrected chi connectivity index (χ3v) is 21.1. The quantitative estimate of drug-likeness (QED) is 0.211. The van der Waals surface area contributed by atoms with Crippen LogP contribution in [0.15, 0.2) is 0 Å². The minimum Gasteiger partial charge on any atom is -0.450 e. The highest BCUT2D eigenvalue weighted by atomic mass is 16.6. The minimum absolute atomic E-state index is 0.170. The van der Waals surface area contributed by atoms with Crippen LogP contribution in [0.2, 0.25) is 0 Å². The Labute approximate surface area is 466 Å². The summed E-state index contributed by atoms with van der Waals surface area (Å²) < 4.78 is 15.4. The van der Waals surface area contributed by atoms with Gasteiger partial charge in [0, 0.05) is 152 Å². The van der Waals surface area contributed by atoms with E-state index in [2.05, 4.69) is 29.4 Å². The molecule has 6 amide bonds. The van der Waals surface area contributed by atoms with E-state index < -0.39 is 0 Å². The predicted molar refractivity (Wildman–Crippen MR) is 296 cm³/mol. The molecule has 0 aromatic heterocycles. The van der Waals surface area contributed by atoms with Gasteiger partial charge in [0.1, 0.15) is 0 Å². The van der Waals surface area contributed by atoms with Crippen LogP contribution in [0.5, 0.6) is 0 Å². The van der Waals surface area contributed by atoms with Crippen molar-refractivity contribution in [3.63, 3.8) is 0 Å². The van der Waals surface area contributed by atoms with Crippen LogP contribution in [0.3, 0.4) is 0 Å². The number of nitrogens with zero attached hydrogens (tertiary/aromatic N) is 9. The number of carbonyl (C=O) groups is 6. The fourth-order valence-electron chi connectivity index (χ4n) is 17.2. The van der Waals surface area contributed by atoms with Crippen molar-refractivity contribution < 1.29 is 43.0 Å². The first-order chi connectivity index (χ1) is 38.0. The minimum atomic E-state index is -0.170. The van der Waals surface area contributed by atoms with E-state index >= 15 is 0 Å². The Morgan fingerprint density at radius 3 is 0.846 bits per heavy atom. The lowest BCUT2D eigenvalue weighted by Gasteiger charge is -2.42. The highest BCUT2D eigenvalue weighted by Crippen LogP contribution is 2.43. The number of amides is 6. The zero-order chi connectivity index (χ0) is 54.3. The van der Waals surface area contributed by atoms with Gasteiger partial charge in [-0.25, -0.2) is 14.4 Å². The molecule has 12 fully saturated rings. The van der Waals surface area contributed by atoms with Crippen molar-refractivity contribution in [2.75, 3.05) is 98.4 Å². The molecule has 0 spiro atoms. The van der Waals surface area contributed by atoms with Gasteiger partial charge >= 0.3 is 18.3 Å². The van der Waals surface area contributed by atoms with Gasteiger partial charge in [-0.15, -0.1) is 0 Å². The Bertz CT molecular complexity index is 1820. The van der Waals surface area contributed by atoms with E-state index in [0.29, 0.717) is 110 Å². The summed E-state index contributed by atoms with van der Waals surface area (Å²) in [6, 6.07) is 4.26. The smallest absolute Gasteiger partial charge is 0.409 e. The Hall–Kier alpha value is -3.90. The normalized spacial score (nSPS) is 33.6. The molecular formula is C60H99N9O9. The molecule has 18 heteroatoms. The van der Waals surface area contributed by atoms with Crippen LogP contribution in [0.1, 0.15) is 175 Å². The van der Waals surface area contributed by atoms with Gasteiger partial charge in [-0.1, -0.05) is 38.5 Å². The number of hydrogen-bond donors (Lipinski definition) is 0. The van der Waals surface area contributed by atoms with E-state index in [9.17, 15) is 28.8 Å². The van der Waals surface area contributed by atoms with Crippen LogP contribution in [0.25, 0.3) is 0 Å². The van der Waals surface area contributed by atoms with Crippen molar-refractivity contribution >= 4 is 36.0 Å². The number of carbonyl (C=O) groups excluding carboxylic acids is 6. The highest BCUT2D eigenvalue weighted by molar-refractivity contribution is 5.81. The standard InChI is InChI=1S/3C20H33N3O3/c3*1-2-26-20(25)22-12-9-17(14-22)21-10-7-16(8-11-21)23-18-6-4-3-5-15(18)13-19(23)24/h3*15-18H,2-14H2,1H3/t15-,17?,18+;15-,17+,18+;15-,17-,18+/m111/s1. The molecule has 3 aliphatic carbocycles. The van der Waals surface area contributed by atoms with Gasteiger partial charge < -0.3 is 43.6 Å². The lowest BCUT2D eigenvalue weighted by atomic mass is 9.84. The largest absolute Gasteiger partial charge is 0.450 e. The van der Waals surface area contributed by atoms with Gasteiger partial charge in [-0.3, -0.25) is 29.1 Å². The average molecular weight is 1090 g/mol. The van der Waals surface area contributed by atoms with Gasteiger partial charge in [0.2, 0.25) is 17.7 Å². The molecule has 0 radical (unpaired) electrons. The molecule has 9 atom stereocenters. The van der Waals surface area contributed by atoms with E-state index in [-0.39, 0.29) is 18.3 Å². The zero-order valence-corrected chi connectivity index (χ0v) is 48.2. The number of likely N-dealkylation sites (tertiary alicyclic amines) is 9. The Morgan fingerprint density at radius 1 is 0.346 bits per heavy atom. The Kier molecular flexibility index (Phi) is 19.7. The van der Waals surface area contributed by atoms with Crippen molar-refractivity contribution in [1.82, 2.24) is 44.1 Å². The Morgan fingerprint density at radius 2 is 0.590 bits per heavy atom. The molecule has 0 aromatic rings. The molecule has 0 bridgehead atoms. The summed E-state index contributed by atoms with van der Waals surface area (Å²) in [4.78, 5) is 93.6. The van der Waals surface area contributed by atoms with Crippen molar-refractivity contribution in [3.8, 4) is 0 Å². The molecule has 12 aliphatic rings. The topological polar surface area (TPSA) is 159 Å². The second-order valence-corrected chi connectivity index (χ2v) is 25.4. The summed E-state index contributed by atoms with van der Waals surface area (Å²) >= 11 is 0. The molecule has 3 saturated carbocycles. The fourth-order valence-corrected chi connectivity index (χ4v) is 17.2. The third-order valence-electron chi connectivity index (χ3n) is 21.1. The van der Waals surface area contributed by atoms with E-state index in [4.69, 9.17) is 14.2 Å². The number of piperidine rings is 3. The molecule has 18 nitrogen and oxygen atoms in total. The Balaban J connectivity index is 0.000000132. The molecule has 0 aromatic carbocycles. The first-order valence-electron chi connectivity index (χ1n) is 31.9. The first kappa shape index (κ1) is 57.3. The van der Waals surface area contributed by atoms with Gasteiger partial charge in [0.05, 0.1) is 19.8 Å². The second-order valence-electron chi connectivity index (χ2n) is 25.4. The van der Waals surface area contributed by atoms with Crippen molar-refractivity contribution in [2.24, 2.45) is 17.8 Å². The maximum Gasteiger partial charge on any atom is 0.409 e. The predicted octanol–water partition coefficient (Wildman–Crippen LogP) is 7.42. The van der Waals surface area contributed by atoms with E-state index in [1.54, 1.807) is 0 Å². The highest BCUT2D eigenvalue weighted by Gasteiger charge is 2.48. The molecule has 1 unspecified atom stereocenters. The number of rotatable bonds is 9. The fraction of sp³-hybridized carbons (Fsp3) is 0.900. The molecule has 438 valence electrons. The summed E-state index contributed by atoms with van der Waals surface area (Å²) in [6.45, 7) is 18.0. The van der Waals surface area contributed by atoms with E-state index in [0.717, 1.165) is 156 Å². The van der Waals surface area contributed by atoms with Crippen LogP contribution in [-0.2, 0) is 28.6 Å². The average Bonchev–Trinajstić information content (AvgIpc) is 4.45. The molecule has 12 rings (SSSR count). The van der Waals surface area contributed by atoms with Crippen molar-refractivity contribution in [1.29, 1.82) is 0 Å². The number of fused-ring (bicyclic) bond motifs is 3. The summed E-state index contributed by atoms with van der Waals surface area (Å²) in [5, 5.41) is 0. The lowest BCUT2D eigenvalue weighted by molar-refractivity contribution is -0.133.